The van der Waals surface area contributed by atoms with E-state index < -0.39 is 16.9 Å². The molecule has 2 aromatic carbocycles. The van der Waals surface area contributed by atoms with Crippen LogP contribution in [0.3, 0.4) is 0 Å². The molecular formula is C15H12N4O4S. The van der Waals surface area contributed by atoms with Crippen molar-refractivity contribution in [2.75, 3.05) is 5.32 Å². The molecule has 0 spiro atoms. The van der Waals surface area contributed by atoms with Gasteiger partial charge in [-0.15, -0.1) is 0 Å². The highest BCUT2D eigenvalue weighted by Crippen LogP contribution is 2.32. The molecule has 0 bridgehead atoms. The van der Waals surface area contributed by atoms with E-state index in [1.165, 1.54) is 6.07 Å². The van der Waals surface area contributed by atoms with Crippen molar-refractivity contribution in [2.24, 2.45) is 0 Å². The van der Waals surface area contributed by atoms with Gasteiger partial charge in [0.1, 0.15) is 17.2 Å². The van der Waals surface area contributed by atoms with Crippen molar-refractivity contribution >= 4 is 40.1 Å². The largest absolute Gasteiger partial charge is 0.480 e. The summed E-state index contributed by atoms with van der Waals surface area (Å²) in [7, 11) is 0. The molecule has 0 saturated carbocycles. The molecule has 0 aliphatic rings. The molecule has 3 aromatic rings. The minimum Gasteiger partial charge on any atom is -0.480 e. The molecular weight excluding hydrogens is 332 g/mol. The van der Waals surface area contributed by atoms with Gasteiger partial charge in [-0.05, 0) is 17.7 Å². The predicted octanol–water partition coefficient (Wildman–Crippen LogP) is 2.71. The summed E-state index contributed by atoms with van der Waals surface area (Å²) in [5.74, 6) is -1.09. The van der Waals surface area contributed by atoms with Gasteiger partial charge in [-0.1, -0.05) is 30.3 Å². The maximum Gasteiger partial charge on any atom is 0.326 e. The number of nitro benzene ring substituents is 1. The summed E-state index contributed by atoms with van der Waals surface area (Å²) in [6.07, 6.45) is 0.195. The fraction of sp³-hybridized carbons (Fsp3) is 0.133. The predicted molar refractivity (Wildman–Crippen MR) is 89.3 cm³/mol. The second-order valence-electron chi connectivity index (χ2n) is 5.08. The summed E-state index contributed by atoms with van der Waals surface area (Å²) < 4.78 is 7.91. The Morgan fingerprint density at radius 2 is 2.00 bits per heavy atom. The lowest BCUT2D eigenvalue weighted by molar-refractivity contribution is -0.382. The quantitative estimate of drug-likeness (QED) is 0.521. The molecule has 0 fully saturated rings. The number of aliphatic carboxylic acids is 1. The number of nitrogens with zero attached hydrogens (tertiary/aromatic N) is 3. The van der Waals surface area contributed by atoms with Crippen LogP contribution in [0.5, 0.6) is 0 Å². The maximum atomic E-state index is 11.5. The molecule has 1 heterocycles. The highest BCUT2D eigenvalue weighted by Gasteiger charge is 2.26. The molecule has 2 N–H and O–H groups in total. The lowest BCUT2D eigenvalue weighted by Gasteiger charge is -2.16. The van der Waals surface area contributed by atoms with Crippen LogP contribution >= 0.6 is 11.7 Å². The van der Waals surface area contributed by atoms with Gasteiger partial charge in [0.05, 0.1) is 16.7 Å². The van der Waals surface area contributed by atoms with Gasteiger partial charge in [-0.25, -0.2) is 4.79 Å². The first-order valence-electron chi connectivity index (χ1n) is 6.99. The fourth-order valence-electron chi connectivity index (χ4n) is 2.38. The van der Waals surface area contributed by atoms with Crippen LogP contribution in [0.1, 0.15) is 5.56 Å². The van der Waals surface area contributed by atoms with Crippen molar-refractivity contribution in [3.63, 3.8) is 0 Å². The van der Waals surface area contributed by atoms with Crippen LogP contribution in [0.2, 0.25) is 0 Å². The van der Waals surface area contributed by atoms with Gasteiger partial charge in [0.2, 0.25) is 0 Å². The normalized spacial score (nSPS) is 12.0. The van der Waals surface area contributed by atoms with Crippen LogP contribution in [0.15, 0.2) is 42.5 Å². The monoisotopic (exact) mass is 344 g/mol. The van der Waals surface area contributed by atoms with Crippen LogP contribution in [0.25, 0.3) is 11.0 Å². The molecule has 0 aliphatic carbocycles. The number of carboxylic acids is 1. The topological polar surface area (TPSA) is 118 Å². The molecule has 0 amide bonds. The molecule has 3 rings (SSSR count). The molecule has 8 nitrogen and oxygen atoms in total. The van der Waals surface area contributed by atoms with Gasteiger partial charge in [-0.3, -0.25) is 10.1 Å². The minimum absolute atomic E-state index is 0.114. The average Bonchev–Trinajstić information content (AvgIpc) is 3.03. The molecule has 0 radical (unpaired) electrons. The Morgan fingerprint density at radius 1 is 1.25 bits per heavy atom. The van der Waals surface area contributed by atoms with Gasteiger partial charge in [0.15, 0.2) is 5.52 Å². The van der Waals surface area contributed by atoms with Crippen molar-refractivity contribution < 1.29 is 14.8 Å². The average molecular weight is 344 g/mol. The second kappa shape index (κ2) is 6.59. The highest BCUT2D eigenvalue weighted by atomic mass is 32.1. The van der Waals surface area contributed by atoms with E-state index in [0.29, 0.717) is 5.52 Å². The van der Waals surface area contributed by atoms with E-state index in [1.54, 1.807) is 18.2 Å². The van der Waals surface area contributed by atoms with Gasteiger partial charge in [0.25, 0.3) is 0 Å². The fourth-order valence-corrected chi connectivity index (χ4v) is 2.91. The Morgan fingerprint density at radius 3 is 2.67 bits per heavy atom. The molecule has 122 valence electrons. The number of nitrogens with one attached hydrogen (secondary N) is 1. The van der Waals surface area contributed by atoms with Gasteiger partial charge in [-0.2, -0.15) is 8.75 Å². The van der Waals surface area contributed by atoms with E-state index in [1.807, 2.05) is 18.2 Å². The van der Waals surface area contributed by atoms with Crippen molar-refractivity contribution in [2.45, 2.75) is 12.5 Å². The van der Waals surface area contributed by atoms with Crippen LogP contribution in [-0.4, -0.2) is 30.8 Å². The standard InChI is InChI=1S/C15H12N4O4S/c20-15(21)12(8-9-4-2-1-3-5-9)16-11-7-6-10-13(18-24-17-10)14(11)19(22)23/h1-7,12,16H,8H2,(H,20,21). The van der Waals surface area contributed by atoms with Gasteiger partial charge >= 0.3 is 11.7 Å². The number of rotatable bonds is 6. The summed E-state index contributed by atoms with van der Waals surface area (Å²) in [5, 5.41) is 23.6. The zero-order valence-electron chi connectivity index (χ0n) is 12.2. The zero-order chi connectivity index (χ0) is 17.1. The third-order valence-corrected chi connectivity index (χ3v) is 4.04. The summed E-state index contributed by atoms with van der Waals surface area (Å²) in [5.41, 5.74) is 1.23. The summed E-state index contributed by atoms with van der Waals surface area (Å²) >= 11 is 0.872. The molecule has 0 saturated heterocycles. The number of carboxylic acid groups (broad SMARTS) is 1. The first kappa shape index (κ1) is 15.8. The summed E-state index contributed by atoms with van der Waals surface area (Å²) in [4.78, 5) is 22.4. The Kier molecular flexibility index (Phi) is 4.34. The van der Waals surface area contributed by atoms with E-state index in [-0.39, 0.29) is 23.3 Å². The summed E-state index contributed by atoms with van der Waals surface area (Å²) in [6.45, 7) is 0. The smallest absolute Gasteiger partial charge is 0.326 e. The number of benzene rings is 2. The Labute approximate surface area is 140 Å². The van der Waals surface area contributed by atoms with Crippen molar-refractivity contribution in [1.82, 2.24) is 8.75 Å². The molecule has 1 unspecified atom stereocenters. The molecule has 1 atom stereocenters. The third-order valence-electron chi connectivity index (χ3n) is 3.49. The van der Waals surface area contributed by atoms with Gasteiger partial charge < -0.3 is 10.4 Å². The number of nitro groups is 1. The Balaban J connectivity index is 1.95. The lowest BCUT2D eigenvalue weighted by atomic mass is 10.1. The first-order valence-corrected chi connectivity index (χ1v) is 7.72. The number of carbonyl (C=O) groups is 1. The van der Waals surface area contributed by atoms with Crippen LogP contribution in [0.4, 0.5) is 11.4 Å². The number of fused-ring (bicyclic) bond motifs is 1. The number of hydrogen-bond acceptors (Lipinski definition) is 7. The van der Waals surface area contributed by atoms with E-state index in [4.69, 9.17) is 0 Å². The Hall–Kier alpha value is -3.07. The highest BCUT2D eigenvalue weighted by molar-refractivity contribution is 7.00. The van der Waals surface area contributed by atoms with E-state index in [0.717, 1.165) is 17.3 Å². The lowest BCUT2D eigenvalue weighted by Crippen LogP contribution is -2.31. The van der Waals surface area contributed by atoms with Gasteiger partial charge in [0, 0.05) is 6.42 Å². The molecule has 9 heteroatoms. The van der Waals surface area contributed by atoms with E-state index in [2.05, 4.69) is 14.1 Å². The van der Waals surface area contributed by atoms with Crippen molar-refractivity contribution in [3.8, 4) is 0 Å². The zero-order valence-corrected chi connectivity index (χ0v) is 13.1. The minimum atomic E-state index is -1.09. The maximum absolute atomic E-state index is 11.5. The molecule has 1 aromatic heterocycles. The van der Waals surface area contributed by atoms with Crippen LogP contribution in [-0.2, 0) is 11.2 Å². The van der Waals surface area contributed by atoms with E-state index >= 15 is 0 Å². The van der Waals surface area contributed by atoms with E-state index in [9.17, 15) is 20.0 Å². The van der Waals surface area contributed by atoms with Crippen LogP contribution < -0.4 is 5.32 Å². The Bertz CT molecular complexity index is 897. The summed E-state index contributed by atoms with van der Waals surface area (Å²) in [6, 6.07) is 11.1. The molecule has 0 aliphatic heterocycles. The SMILES string of the molecule is O=C(O)C(Cc1ccccc1)Nc1ccc2nsnc2c1[N+](=O)[O-]. The van der Waals surface area contributed by atoms with Crippen molar-refractivity contribution in [3.05, 3.63) is 58.1 Å². The number of hydrogen-bond donors (Lipinski definition) is 2. The molecule has 24 heavy (non-hydrogen) atoms. The first-order chi connectivity index (χ1) is 11.6. The second-order valence-corrected chi connectivity index (χ2v) is 5.60. The van der Waals surface area contributed by atoms with Crippen LogP contribution in [0, 0.1) is 10.1 Å². The third kappa shape index (κ3) is 3.15. The number of anilines is 1. The van der Waals surface area contributed by atoms with Crippen molar-refractivity contribution in [1.29, 1.82) is 0 Å². The number of aromatic nitrogens is 2.